The molecule has 0 fully saturated rings. The molecule has 0 amide bonds. The Hall–Kier alpha value is -0.610. The maximum absolute atomic E-state index is 10.0. The van der Waals surface area contributed by atoms with Gasteiger partial charge in [0.2, 0.25) is 0 Å². The standard InChI is InChI=1S/C7H15NO3/c1-2-8(5-6-9)4-3-7(10)11/h9H,2-6H2,1H3,(H,10,11). The van der Waals surface area contributed by atoms with E-state index in [0.717, 1.165) is 11.4 Å². The van der Waals surface area contributed by atoms with Crippen molar-refractivity contribution in [3.63, 3.8) is 0 Å². The summed E-state index contributed by atoms with van der Waals surface area (Å²) in [6.45, 7) is 4.06. The number of carbonyl (C=O) groups excluding carboxylic acids is 1. The average molecular weight is 161 g/mol. The number of quaternary nitrogens is 1. The molecule has 2 N–H and O–H groups in total. The molecule has 0 aromatic carbocycles. The number of carboxylic acids is 1. The molecule has 0 rings (SSSR count). The number of aliphatic hydroxyl groups is 1. The van der Waals surface area contributed by atoms with E-state index in [4.69, 9.17) is 5.11 Å². The molecule has 0 bridgehead atoms. The molecule has 0 aliphatic rings. The number of nitrogens with one attached hydrogen (secondary N) is 1. The Balaban J connectivity index is 3.43. The molecule has 0 aromatic heterocycles. The molecular formula is C7H15NO3. The highest BCUT2D eigenvalue weighted by Gasteiger charge is 2.03. The predicted molar refractivity (Wildman–Crippen MR) is 37.9 cm³/mol. The number of carboxylic acid groups (broad SMARTS) is 1. The monoisotopic (exact) mass is 161 g/mol. The summed E-state index contributed by atoms with van der Waals surface area (Å²) >= 11 is 0. The zero-order chi connectivity index (χ0) is 8.69. The molecule has 4 heteroatoms. The Morgan fingerprint density at radius 1 is 1.55 bits per heavy atom. The maximum atomic E-state index is 10.0. The lowest BCUT2D eigenvalue weighted by molar-refractivity contribution is -0.898. The Kier molecular flexibility index (Phi) is 5.78. The highest BCUT2D eigenvalue weighted by atomic mass is 16.4. The molecular weight excluding hydrogens is 146 g/mol. The lowest BCUT2D eigenvalue weighted by atomic mass is 10.4. The van der Waals surface area contributed by atoms with Gasteiger partial charge in [0, 0.05) is 12.4 Å². The van der Waals surface area contributed by atoms with Crippen LogP contribution in [0.25, 0.3) is 0 Å². The van der Waals surface area contributed by atoms with E-state index in [-0.39, 0.29) is 13.0 Å². The Bertz CT molecular complexity index is 116. The summed E-state index contributed by atoms with van der Waals surface area (Å²) in [4.78, 5) is 11.1. The van der Waals surface area contributed by atoms with Crippen LogP contribution < -0.4 is 10.0 Å². The molecule has 11 heavy (non-hydrogen) atoms. The second-order valence-corrected chi connectivity index (χ2v) is 2.45. The molecule has 1 unspecified atom stereocenters. The zero-order valence-corrected chi connectivity index (χ0v) is 6.80. The van der Waals surface area contributed by atoms with Crippen LogP contribution in [-0.4, -0.2) is 37.3 Å². The smallest absolute Gasteiger partial charge is 0.101 e. The van der Waals surface area contributed by atoms with Gasteiger partial charge >= 0.3 is 0 Å². The van der Waals surface area contributed by atoms with Crippen molar-refractivity contribution in [3.05, 3.63) is 0 Å². The van der Waals surface area contributed by atoms with Crippen molar-refractivity contribution in [2.45, 2.75) is 13.3 Å². The summed E-state index contributed by atoms with van der Waals surface area (Å²) < 4.78 is 0. The quantitative estimate of drug-likeness (QED) is 0.437. The third-order valence-electron chi connectivity index (χ3n) is 1.65. The number of aliphatic hydroxyl groups excluding tert-OH is 1. The van der Waals surface area contributed by atoms with Crippen LogP contribution in [0.4, 0.5) is 0 Å². The highest BCUT2D eigenvalue weighted by molar-refractivity contribution is 5.64. The van der Waals surface area contributed by atoms with Crippen LogP contribution in [0.5, 0.6) is 0 Å². The van der Waals surface area contributed by atoms with Gasteiger partial charge < -0.3 is 19.9 Å². The summed E-state index contributed by atoms with van der Waals surface area (Å²) in [6.07, 6.45) is 0.0726. The van der Waals surface area contributed by atoms with Gasteiger partial charge in [0.05, 0.1) is 19.7 Å². The Morgan fingerprint density at radius 3 is 2.55 bits per heavy atom. The van der Waals surface area contributed by atoms with Crippen LogP contribution in [-0.2, 0) is 4.79 Å². The molecule has 0 saturated heterocycles. The molecule has 0 saturated carbocycles. The van der Waals surface area contributed by atoms with Gasteiger partial charge in [-0.15, -0.1) is 0 Å². The molecule has 66 valence electrons. The first kappa shape index (κ1) is 10.4. The van der Waals surface area contributed by atoms with Gasteiger partial charge in [-0.2, -0.15) is 0 Å². The topological polar surface area (TPSA) is 64.8 Å². The first-order valence-electron chi connectivity index (χ1n) is 3.85. The molecule has 0 aliphatic carbocycles. The van der Waals surface area contributed by atoms with Crippen LogP contribution in [0.1, 0.15) is 13.3 Å². The van der Waals surface area contributed by atoms with Gasteiger partial charge in [0.15, 0.2) is 0 Å². The van der Waals surface area contributed by atoms with Crippen LogP contribution in [0, 0.1) is 0 Å². The fourth-order valence-electron chi connectivity index (χ4n) is 0.916. The first-order valence-corrected chi connectivity index (χ1v) is 3.85. The predicted octanol–water partition coefficient (Wildman–Crippen LogP) is -2.98. The molecule has 0 aliphatic heterocycles. The Morgan fingerprint density at radius 2 is 2.18 bits per heavy atom. The number of hydrogen-bond donors (Lipinski definition) is 2. The molecule has 0 aromatic rings. The molecule has 0 radical (unpaired) electrons. The van der Waals surface area contributed by atoms with Crippen LogP contribution in [0.3, 0.4) is 0 Å². The summed E-state index contributed by atoms with van der Waals surface area (Å²) in [6, 6.07) is 0. The molecule has 0 spiro atoms. The second kappa shape index (κ2) is 6.12. The third-order valence-corrected chi connectivity index (χ3v) is 1.65. The van der Waals surface area contributed by atoms with Crippen LogP contribution >= 0.6 is 0 Å². The fourth-order valence-corrected chi connectivity index (χ4v) is 0.916. The molecule has 1 atom stereocenters. The van der Waals surface area contributed by atoms with Crippen molar-refractivity contribution in [3.8, 4) is 0 Å². The second-order valence-electron chi connectivity index (χ2n) is 2.45. The van der Waals surface area contributed by atoms with E-state index in [2.05, 4.69) is 0 Å². The van der Waals surface area contributed by atoms with E-state index < -0.39 is 5.97 Å². The van der Waals surface area contributed by atoms with E-state index in [0.29, 0.717) is 13.1 Å². The maximum Gasteiger partial charge on any atom is 0.101 e. The van der Waals surface area contributed by atoms with Crippen molar-refractivity contribution < 1.29 is 19.9 Å². The lowest BCUT2D eigenvalue weighted by Crippen LogP contribution is -3.12. The number of rotatable bonds is 6. The van der Waals surface area contributed by atoms with Crippen LogP contribution in [0.2, 0.25) is 0 Å². The van der Waals surface area contributed by atoms with Crippen molar-refractivity contribution >= 4 is 5.97 Å². The van der Waals surface area contributed by atoms with Crippen molar-refractivity contribution in [1.29, 1.82) is 0 Å². The number of carbonyl (C=O) groups is 1. The van der Waals surface area contributed by atoms with Crippen molar-refractivity contribution in [2.24, 2.45) is 0 Å². The van der Waals surface area contributed by atoms with Gasteiger partial charge in [-0.1, -0.05) is 0 Å². The zero-order valence-electron chi connectivity index (χ0n) is 6.80. The number of aliphatic carboxylic acids is 1. The first-order chi connectivity index (χ1) is 5.20. The lowest BCUT2D eigenvalue weighted by Gasteiger charge is -2.16. The highest BCUT2D eigenvalue weighted by Crippen LogP contribution is 1.66. The normalized spacial score (nSPS) is 12.9. The van der Waals surface area contributed by atoms with Gasteiger partial charge in [-0.25, -0.2) is 0 Å². The average Bonchev–Trinajstić information content (AvgIpc) is 1.97. The van der Waals surface area contributed by atoms with E-state index >= 15 is 0 Å². The largest absolute Gasteiger partial charge is 0.550 e. The van der Waals surface area contributed by atoms with E-state index in [1.807, 2.05) is 6.92 Å². The number of hydrogen-bond acceptors (Lipinski definition) is 3. The summed E-state index contributed by atoms with van der Waals surface area (Å²) in [7, 11) is 0. The van der Waals surface area contributed by atoms with E-state index in [1.54, 1.807) is 0 Å². The van der Waals surface area contributed by atoms with Crippen molar-refractivity contribution in [1.82, 2.24) is 0 Å². The summed E-state index contributed by atoms with van der Waals surface area (Å²) in [5.41, 5.74) is 0. The van der Waals surface area contributed by atoms with Gasteiger partial charge in [-0.05, 0) is 6.92 Å². The van der Waals surface area contributed by atoms with Gasteiger partial charge in [-0.3, -0.25) is 0 Å². The fraction of sp³-hybridized carbons (Fsp3) is 0.857. The summed E-state index contributed by atoms with van der Waals surface area (Å²) in [5, 5.41) is 18.6. The minimum absolute atomic E-state index is 0.0726. The molecule has 4 nitrogen and oxygen atoms in total. The van der Waals surface area contributed by atoms with E-state index in [9.17, 15) is 9.90 Å². The Labute approximate surface area is 66.4 Å². The van der Waals surface area contributed by atoms with Crippen molar-refractivity contribution in [2.75, 3.05) is 26.2 Å². The third kappa shape index (κ3) is 5.82. The van der Waals surface area contributed by atoms with Crippen LogP contribution in [0.15, 0.2) is 0 Å². The minimum atomic E-state index is -1.02. The summed E-state index contributed by atoms with van der Waals surface area (Å²) in [5.74, 6) is -1.02. The SMILES string of the molecule is CC[NH+](CCO)CCC(=O)[O-]. The molecule has 0 heterocycles. The number of likely N-dealkylation sites (N-methyl/N-ethyl adjacent to an activating group) is 1. The van der Waals surface area contributed by atoms with Gasteiger partial charge in [0.25, 0.3) is 0 Å². The minimum Gasteiger partial charge on any atom is -0.550 e. The van der Waals surface area contributed by atoms with Gasteiger partial charge in [0.1, 0.15) is 6.54 Å². The van der Waals surface area contributed by atoms with E-state index in [1.165, 1.54) is 0 Å².